The number of rotatable bonds is 3. The Morgan fingerprint density at radius 2 is 2.20 bits per heavy atom. The quantitative estimate of drug-likeness (QED) is 0.891. The molecule has 6 heteroatoms. The molecule has 20 heavy (non-hydrogen) atoms. The summed E-state index contributed by atoms with van der Waals surface area (Å²) in [5, 5.41) is 5.70. The zero-order valence-electron chi connectivity index (χ0n) is 11.1. The van der Waals surface area contributed by atoms with Crippen LogP contribution in [0.4, 0.5) is 10.5 Å². The Labute approximate surface area is 117 Å². The normalized spacial score (nSPS) is 17.3. The van der Waals surface area contributed by atoms with Crippen molar-refractivity contribution in [3.63, 3.8) is 0 Å². The van der Waals surface area contributed by atoms with Crippen molar-refractivity contribution in [2.24, 2.45) is 5.92 Å². The fraction of sp³-hybridized carbons (Fsp3) is 0.357. The summed E-state index contributed by atoms with van der Waals surface area (Å²) in [5.41, 5.74) is 0.747. The van der Waals surface area contributed by atoms with Gasteiger partial charge in [-0.15, -0.1) is 0 Å². The molecule has 0 fully saturated rings. The Bertz CT molecular complexity index is 580. The lowest BCUT2D eigenvalue weighted by atomic mass is 9.98. The molecule has 3 rings (SSSR count). The highest BCUT2D eigenvalue weighted by atomic mass is 16.2. The number of urea groups is 1. The Hall–Kier alpha value is -2.37. The van der Waals surface area contributed by atoms with Gasteiger partial charge in [-0.25, -0.2) is 9.78 Å². The number of aryl methyl sites for hydroxylation is 1. The van der Waals surface area contributed by atoms with E-state index in [2.05, 4.69) is 25.2 Å². The lowest BCUT2D eigenvalue weighted by molar-refractivity contribution is 0.248. The first-order valence-corrected chi connectivity index (χ1v) is 6.76. The van der Waals surface area contributed by atoms with Gasteiger partial charge < -0.3 is 15.2 Å². The third-order valence-corrected chi connectivity index (χ3v) is 3.54. The van der Waals surface area contributed by atoms with E-state index in [0.29, 0.717) is 12.5 Å². The van der Waals surface area contributed by atoms with Crippen LogP contribution in [0.1, 0.15) is 12.2 Å². The van der Waals surface area contributed by atoms with Gasteiger partial charge in [-0.05, 0) is 24.5 Å². The molecule has 2 N–H and O–H groups in total. The molecule has 0 aromatic carbocycles. The molecule has 2 aromatic rings. The summed E-state index contributed by atoms with van der Waals surface area (Å²) >= 11 is 0. The topological polar surface area (TPSA) is 71.8 Å². The molecule has 1 atom stereocenters. The zero-order chi connectivity index (χ0) is 13.8. The summed E-state index contributed by atoms with van der Waals surface area (Å²) in [6, 6.07) is 3.35. The Balaban J connectivity index is 1.47. The molecule has 104 valence electrons. The van der Waals surface area contributed by atoms with Gasteiger partial charge in [0.05, 0.1) is 0 Å². The number of hydrogen-bond acceptors (Lipinski definition) is 3. The molecule has 2 aromatic heterocycles. The van der Waals surface area contributed by atoms with E-state index < -0.39 is 0 Å². The number of aromatic nitrogens is 3. The van der Waals surface area contributed by atoms with Crippen LogP contribution in [0.25, 0.3) is 0 Å². The number of pyridine rings is 1. The molecule has 0 unspecified atom stereocenters. The molecule has 0 aliphatic carbocycles. The highest BCUT2D eigenvalue weighted by Crippen LogP contribution is 2.18. The first-order valence-electron chi connectivity index (χ1n) is 6.76. The minimum Gasteiger partial charge on any atom is -0.338 e. The zero-order valence-corrected chi connectivity index (χ0v) is 11.1. The largest absolute Gasteiger partial charge is 0.338 e. The van der Waals surface area contributed by atoms with Gasteiger partial charge in [0.15, 0.2) is 0 Å². The molecule has 0 spiro atoms. The molecule has 1 aliphatic heterocycles. The van der Waals surface area contributed by atoms with Crippen molar-refractivity contribution in [2.45, 2.75) is 19.4 Å². The van der Waals surface area contributed by atoms with Gasteiger partial charge in [0.1, 0.15) is 5.82 Å². The van der Waals surface area contributed by atoms with Crippen molar-refractivity contribution >= 4 is 11.7 Å². The summed E-state index contributed by atoms with van der Waals surface area (Å²) in [4.78, 5) is 20.0. The third-order valence-electron chi connectivity index (χ3n) is 3.54. The summed E-state index contributed by atoms with van der Waals surface area (Å²) in [6.07, 6.45) is 9.13. The van der Waals surface area contributed by atoms with E-state index in [-0.39, 0.29) is 6.03 Å². The van der Waals surface area contributed by atoms with Crippen molar-refractivity contribution < 1.29 is 4.79 Å². The average Bonchev–Trinajstić information content (AvgIpc) is 2.93. The molecule has 1 aliphatic rings. The summed E-state index contributed by atoms with van der Waals surface area (Å²) in [6.45, 7) is 1.65. The fourth-order valence-corrected chi connectivity index (χ4v) is 2.44. The Morgan fingerprint density at radius 3 is 3.05 bits per heavy atom. The van der Waals surface area contributed by atoms with Crippen LogP contribution in [0.3, 0.4) is 0 Å². The third kappa shape index (κ3) is 2.96. The predicted molar refractivity (Wildman–Crippen MR) is 75.3 cm³/mol. The van der Waals surface area contributed by atoms with E-state index in [1.165, 1.54) is 0 Å². The van der Waals surface area contributed by atoms with Gasteiger partial charge in [0.25, 0.3) is 0 Å². The number of nitrogens with one attached hydrogen (secondary N) is 2. The van der Waals surface area contributed by atoms with Crippen LogP contribution >= 0.6 is 0 Å². The van der Waals surface area contributed by atoms with E-state index in [1.54, 1.807) is 24.5 Å². The number of imidazole rings is 1. The molecule has 2 amide bonds. The van der Waals surface area contributed by atoms with E-state index in [4.69, 9.17) is 0 Å². The van der Waals surface area contributed by atoms with E-state index in [1.807, 2.05) is 12.4 Å². The minimum atomic E-state index is -0.176. The number of fused-ring (bicyclic) bond motifs is 1. The second kappa shape index (κ2) is 5.73. The Morgan fingerprint density at radius 1 is 1.35 bits per heavy atom. The van der Waals surface area contributed by atoms with Crippen molar-refractivity contribution in [3.05, 3.63) is 42.7 Å². The van der Waals surface area contributed by atoms with Gasteiger partial charge in [0, 0.05) is 50.0 Å². The number of hydrogen-bond donors (Lipinski definition) is 2. The lowest BCUT2D eigenvalue weighted by Gasteiger charge is -2.23. The van der Waals surface area contributed by atoms with Crippen LogP contribution < -0.4 is 10.6 Å². The second-order valence-corrected chi connectivity index (χ2v) is 4.97. The second-order valence-electron chi connectivity index (χ2n) is 4.97. The van der Waals surface area contributed by atoms with Crippen LogP contribution in [0, 0.1) is 5.92 Å². The maximum absolute atomic E-state index is 11.8. The van der Waals surface area contributed by atoms with Crippen molar-refractivity contribution in [2.75, 3.05) is 11.9 Å². The number of anilines is 1. The fourth-order valence-electron chi connectivity index (χ4n) is 2.44. The number of carbonyl (C=O) groups excluding carboxylic acids is 1. The van der Waals surface area contributed by atoms with Crippen LogP contribution in [0.5, 0.6) is 0 Å². The monoisotopic (exact) mass is 271 g/mol. The molecular weight excluding hydrogens is 254 g/mol. The van der Waals surface area contributed by atoms with Gasteiger partial charge >= 0.3 is 6.03 Å². The molecule has 0 saturated heterocycles. The molecular formula is C14H17N5O. The van der Waals surface area contributed by atoms with E-state index in [0.717, 1.165) is 30.9 Å². The number of nitrogens with zero attached hydrogens (tertiary/aromatic N) is 3. The van der Waals surface area contributed by atoms with Gasteiger partial charge in [0.2, 0.25) is 0 Å². The smallest absolute Gasteiger partial charge is 0.319 e. The molecule has 0 saturated carbocycles. The SMILES string of the molecule is O=C(NC[C@@H]1CCn2ccnc2C1)Nc1ccncc1. The van der Waals surface area contributed by atoms with Crippen molar-refractivity contribution in [3.8, 4) is 0 Å². The van der Waals surface area contributed by atoms with Crippen molar-refractivity contribution in [1.29, 1.82) is 0 Å². The number of amides is 2. The van der Waals surface area contributed by atoms with Crippen LogP contribution in [-0.2, 0) is 13.0 Å². The molecule has 0 bridgehead atoms. The van der Waals surface area contributed by atoms with Crippen LogP contribution in [0.2, 0.25) is 0 Å². The average molecular weight is 271 g/mol. The summed E-state index contributed by atoms with van der Waals surface area (Å²) < 4.78 is 2.17. The van der Waals surface area contributed by atoms with Crippen LogP contribution in [-0.4, -0.2) is 27.1 Å². The first kappa shape index (κ1) is 12.7. The van der Waals surface area contributed by atoms with E-state index >= 15 is 0 Å². The molecule has 3 heterocycles. The summed E-state index contributed by atoms with van der Waals surface area (Å²) in [7, 11) is 0. The predicted octanol–water partition coefficient (Wildman–Crippen LogP) is 1.66. The van der Waals surface area contributed by atoms with Crippen LogP contribution in [0.15, 0.2) is 36.9 Å². The van der Waals surface area contributed by atoms with E-state index in [9.17, 15) is 4.79 Å². The van der Waals surface area contributed by atoms with Gasteiger partial charge in [-0.1, -0.05) is 0 Å². The van der Waals surface area contributed by atoms with Gasteiger partial charge in [-0.2, -0.15) is 0 Å². The lowest BCUT2D eigenvalue weighted by Crippen LogP contribution is -2.35. The first-order chi connectivity index (χ1) is 9.81. The van der Waals surface area contributed by atoms with Gasteiger partial charge in [-0.3, -0.25) is 4.98 Å². The molecule has 6 nitrogen and oxygen atoms in total. The highest BCUT2D eigenvalue weighted by Gasteiger charge is 2.19. The number of carbonyl (C=O) groups is 1. The molecule has 0 radical (unpaired) electrons. The maximum Gasteiger partial charge on any atom is 0.319 e. The minimum absolute atomic E-state index is 0.176. The Kier molecular flexibility index (Phi) is 3.62. The maximum atomic E-state index is 11.8. The summed E-state index contributed by atoms with van der Waals surface area (Å²) in [5.74, 6) is 1.56. The standard InChI is InChI=1S/C14H17N5O/c20-14(18-12-1-4-15-5-2-12)17-10-11-3-7-19-8-6-16-13(19)9-11/h1-2,4-6,8,11H,3,7,9-10H2,(H2,15,17,18,20)/t11-/m1/s1. The highest BCUT2D eigenvalue weighted by molar-refractivity contribution is 5.89. The van der Waals surface area contributed by atoms with Crippen molar-refractivity contribution in [1.82, 2.24) is 19.9 Å².